The van der Waals surface area contributed by atoms with E-state index in [1.807, 2.05) is 6.08 Å². The molecule has 75 heavy (non-hydrogen) atoms. The van der Waals surface area contributed by atoms with Crippen molar-refractivity contribution in [2.45, 2.75) is 379 Å². The minimum atomic E-state index is -0.839. The monoisotopic (exact) mass is 1050 g/mol. The van der Waals surface area contributed by atoms with E-state index < -0.39 is 12.1 Å². The van der Waals surface area contributed by atoms with Gasteiger partial charge in [0.05, 0.1) is 25.4 Å². The smallest absolute Gasteiger partial charge is 0.305 e. The molecule has 0 bridgehead atoms. The maximum absolute atomic E-state index is 12.4. The summed E-state index contributed by atoms with van der Waals surface area (Å²) >= 11 is 0. The Balaban J connectivity index is 3.31. The number of esters is 1. The van der Waals surface area contributed by atoms with E-state index in [2.05, 4.69) is 43.5 Å². The number of ether oxygens (including phenoxy) is 1. The van der Waals surface area contributed by atoms with Gasteiger partial charge in [-0.15, -0.1) is 0 Å². The molecule has 3 N–H and O–H groups in total. The Morgan fingerprint density at radius 3 is 1.04 bits per heavy atom. The number of allylic oxidation sites excluding steroid dienone is 5. The second-order valence-electron chi connectivity index (χ2n) is 23.2. The molecule has 0 saturated heterocycles. The minimum Gasteiger partial charge on any atom is -0.466 e. The number of carbonyl (C=O) groups is 2. The predicted molar refractivity (Wildman–Crippen MR) is 329 cm³/mol. The maximum atomic E-state index is 12.4. The first-order chi connectivity index (χ1) is 37.0. The lowest BCUT2D eigenvalue weighted by Crippen LogP contribution is -2.45. The highest BCUT2D eigenvalue weighted by Crippen LogP contribution is 2.18. The maximum Gasteiger partial charge on any atom is 0.305 e. The molecule has 0 radical (unpaired) electrons. The summed E-state index contributed by atoms with van der Waals surface area (Å²) in [6.45, 7) is 4.88. The average molecular weight is 1050 g/mol. The summed E-state index contributed by atoms with van der Waals surface area (Å²) in [7, 11) is 0. The van der Waals surface area contributed by atoms with Crippen LogP contribution in [0.15, 0.2) is 36.5 Å². The van der Waals surface area contributed by atoms with E-state index in [0.717, 1.165) is 51.4 Å². The van der Waals surface area contributed by atoms with Gasteiger partial charge in [0, 0.05) is 12.8 Å². The molecule has 2 unspecified atom stereocenters. The van der Waals surface area contributed by atoms with Crippen LogP contribution in [-0.4, -0.2) is 47.4 Å². The highest BCUT2D eigenvalue weighted by molar-refractivity contribution is 5.76. The lowest BCUT2D eigenvalue weighted by molar-refractivity contribution is -0.143. The number of amides is 1. The van der Waals surface area contributed by atoms with Gasteiger partial charge in [-0.05, 0) is 64.2 Å². The molecule has 1 amide bonds. The normalized spacial score (nSPS) is 12.7. The zero-order chi connectivity index (χ0) is 54.3. The van der Waals surface area contributed by atoms with Crippen molar-refractivity contribution in [2.75, 3.05) is 13.2 Å². The third-order valence-corrected chi connectivity index (χ3v) is 15.7. The van der Waals surface area contributed by atoms with E-state index in [1.54, 1.807) is 6.08 Å². The van der Waals surface area contributed by atoms with Crippen LogP contribution in [0.3, 0.4) is 0 Å². The van der Waals surface area contributed by atoms with E-state index in [9.17, 15) is 19.8 Å². The molecule has 0 aromatic carbocycles. The van der Waals surface area contributed by atoms with E-state index in [4.69, 9.17) is 4.74 Å². The molecule has 0 fully saturated rings. The van der Waals surface area contributed by atoms with Crippen molar-refractivity contribution in [3.8, 4) is 0 Å². The number of aliphatic hydroxyl groups is 2. The van der Waals surface area contributed by atoms with Gasteiger partial charge in [-0.1, -0.05) is 326 Å². The Morgan fingerprint density at radius 2 is 0.667 bits per heavy atom. The summed E-state index contributed by atoms with van der Waals surface area (Å²) in [6.07, 6.45) is 82.3. The molecule has 0 aliphatic carbocycles. The van der Waals surface area contributed by atoms with Crippen molar-refractivity contribution < 1.29 is 24.5 Å². The van der Waals surface area contributed by atoms with Crippen molar-refractivity contribution in [3.63, 3.8) is 0 Å². The van der Waals surface area contributed by atoms with Gasteiger partial charge in [-0.25, -0.2) is 0 Å². The van der Waals surface area contributed by atoms with Crippen LogP contribution in [0.2, 0.25) is 0 Å². The molecule has 0 aliphatic rings. The average Bonchev–Trinajstić information content (AvgIpc) is 3.41. The van der Waals surface area contributed by atoms with E-state index in [0.29, 0.717) is 19.4 Å². The zero-order valence-corrected chi connectivity index (χ0v) is 50.5. The number of hydrogen-bond acceptors (Lipinski definition) is 5. The molecule has 0 heterocycles. The number of unbranched alkanes of at least 4 members (excludes halogenated alkanes) is 48. The van der Waals surface area contributed by atoms with Gasteiger partial charge in [0.2, 0.25) is 5.91 Å². The Labute approximate surface area is 468 Å². The lowest BCUT2D eigenvalue weighted by atomic mass is 10.0. The summed E-state index contributed by atoms with van der Waals surface area (Å²) in [4.78, 5) is 24.5. The molecule has 0 spiro atoms. The molecular formula is C69H131NO5. The van der Waals surface area contributed by atoms with Gasteiger partial charge in [0.1, 0.15) is 0 Å². The summed E-state index contributed by atoms with van der Waals surface area (Å²) in [6, 6.07) is -0.623. The van der Waals surface area contributed by atoms with Crippen LogP contribution in [-0.2, 0) is 14.3 Å². The Morgan fingerprint density at radius 1 is 0.373 bits per heavy atom. The van der Waals surface area contributed by atoms with Crippen LogP contribution in [0.5, 0.6) is 0 Å². The first-order valence-corrected chi connectivity index (χ1v) is 33.8. The fraction of sp³-hybridized carbons (Fsp3) is 0.884. The molecule has 442 valence electrons. The molecular weight excluding hydrogens is 923 g/mol. The van der Waals surface area contributed by atoms with Gasteiger partial charge in [0.25, 0.3) is 0 Å². The summed E-state index contributed by atoms with van der Waals surface area (Å²) in [5, 5.41) is 23.0. The Bertz CT molecular complexity index is 1210. The lowest BCUT2D eigenvalue weighted by Gasteiger charge is -2.20. The Hall–Kier alpha value is -1.92. The van der Waals surface area contributed by atoms with Crippen molar-refractivity contribution >= 4 is 11.9 Å². The fourth-order valence-corrected chi connectivity index (χ4v) is 10.5. The largest absolute Gasteiger partial charge is 0.466 e. The highest BCUT2D eigenvalue weighted by Gasteiger charge is 2.18. The second-order valence-corrected chi connectivity index (χ2v) is 23.2. The van der Waals surface area contributed by atoms with Crippen LogP contribution >= 0.6 is 0 Å². The summed E-state index contributed by atoms with van der Waals surface area (Å²) < 4.78 is 5.50. The van der Waals surface area contributed by atoms with Crippen molar-refractivity contribution in [1.29, 1.82) is 0 Å². The number of rotatable bonds is 63. The highest BCUT2D eigenvalue weighted by atomic mass is 16.5. The summed E-state index contributed by atoms with van der Waals surface area (Å²) in [5.41, 5.74) is 0. The molecule has 0 rings (SSSR count). The van der Waals surface area contributed by atoms with E-state index >= 15 is 0 Å². The molecule has 2 atom stereocenters. The minimum absolute atomic E-state index is 0.0127. The van der Waals surface area contributed by atoms with Crippen LogP contribution in [0.25, 0.3) is 0 Å². The number of nitrogens with one attached hydrogen (secondary N) is 1. The van der Waals surface area contributed by atoms with E-state index in [1.165, 1.54) is 289 Å². The third-order valence-electron chi connectivity index (χ3n) is 15.7. The van der Waals surface area contributed by atoms with E-state index in [-0.39, 0.29) is 18.5 Å². The standard InChI is InChI=1S/C69H131NO5/c1-3-5-7-9-11-13-15-16-17-33-37-40-43-47-51-55-59-63-69(74)75-64-60-56-52-48-44-41-38-35-32-30-28-26-24-22-20-18-19-21-23-25-27-29-31-34-36-39-42-46-50-54-58-62-68(73)70-66(65-71)67(72)61-57-53-49-45-14-12-10-8-6-4-2/h11,13,16-17,57,61,66-67,71-72H,3-10,12,14-15,18-56,58-60,62-65H2,1-2H3,(H,70,73)/b13-11-,17-16-,61-57+. The number of aliphatic hydroxyl groups excluding tert-OH is 2. The van der Waals surface area contributed by atoms with Crippen molar-refractivity contribution in [1.82, 2.24) is 5.32 Å². The quantitative estimate of drug-likeness (QED) is 0.0320. The second kappa shape index (κ2) is 64.6. The molecule has 6 heteroatoms. The summed E-state index contributed by atoms with van der Waals surface area (Å²) in [5.74, 6) is -0.0520. The van der Waals surface area contributed by atoms with Gasteiger partial charge in [-0.3, -0.25) is 9.59 Å². The topological polar surface area (TPSA) is 95.9 Å². The molecule has 0 aromatic heterocycles. The SMILES string of the molecule is CCCCC/C=C\C/C=C\CCCCCCCCCC(=O)OCCCCCCCCCCCCCCCCCCCCCCCCCCCCCCCCCC(=O)NC(CO)C(O)/C=C/CCCCCCCCCC. The molecule has 0 saturated carbocycles. The zero-order valence-electron chi connectivity index (χ0n) is 50.5. The predicted octanol–water partition coefficient (Wildman–Crippen LogP) is 21.5. The van der Waals surface area contributed by atoms with Gasteiger partial charge in [-0.2, -0.15) is 0 Å². The number of hydrogen-bond donors (Lipinski definition) is 3. The third kappa shape index (κ3) is 61.2. The first-order valence-electron chi connectivity index (χ1n) is 33.8. The van der Waals surface area contributed by atoms with Crippen LogP contribution in [0.4, 0.5) is 0 Å². The molecule has 0 aliphatic heterocycles. The van der Waals surface area contributed by atoms with Gasteiger partial charge >= 0.3 is 5.97 Å². The number of carbonyl (C=O) groups excluding carboxylic acids is 2. The first kappa shape index (κ1) is 73.1. The van der Waals surface area contributed by atoms with Gasteiger partial charge < -0.3 is 20.3 Å². The van der Waals surface area contributed by atoms with Crippen molar-refractivity contribution in [2.24, 2.45) is 0 Å². The van der Waals surface area contributed by atoms with Crippen molar-refractivity contribution in [3.05, 3.63) is 36.5 Å². The van der Waals surface area contributed by atoms with Crippen LogP contribution < -0.4 is 5.32 Å². The molecule has 6 nitrogen and oxygen atoms in total. The molecule has 0 aromatic rings. The van der Waals surface area contributed by atoms with Gasteiger partial charge in [0.15, 0.2) is 0 Å². The van der Waals surface area contributed by atoms with Crippen LogP contribution in [0.1, 0.15) is 367 Å². The Kier molecular flexibility index (Phi) is 63.0. The van der Waals surface area contributed by atoms with Crippen LogP contribution in [0, 0.1) is 0 Å². The fourth-order valence-electron chi connectivity index (χ4n) is 10.5.